The summed E-state index contributed by atoms with van der Waals surface area (Å²) in [4.78, 5) is 16.1. The first-order valence-corrected chi connectivity index (χ1v) is 11.9. The summed E-state index contributed by atoms with van der Waals surface area (Å²) in [7, 11) is 0. The third-order valence-corrected chi connectivity index (χ3v) is 7.53. The van der Waals surface area contributed by atoms with E-state index < -0.39 is 0 Å². The highest BCUT2D eigenvalue weighted by atomic mass is 32.1. The minimum Gasteiger partial charge on any atom is -0.303 e. The molecule has 1 aromatic heterocycles. The Balaban J connectivity index is 1.76. The van der Waals surface area contributed by atoms with E-state index in [4.69, 9.17) is 0 Å². The first-order valence-electron chi connectivity index (χ1n) is 11.0. The molecule has 1 heterocycles. The summed E-state index contributed by atoms with van der Waals surface area (Å²) in [5.74, 6) is 0.763. The van der Waals surface area contributed by atoms with Crippen LogP contribution in [-0.2, 0) is 6.42 Å². The fourth-order valence-corrected chi connectivity index (χ4v) is 5.68. The van der Waals surface area contributed by atoms with Gasteiger partial charge in [0.25, 0.3) is 0 Å². The monoisotopic (exact) mass is 417 g/mol. The van der Waals surface area contributed by atoms with Crippen molar-refractivity contribution in [3.63, 3.8) is 0 Å². The second kappa shape index (κ2) is 8.49. The van der Waals surface area contributed by atoms with Gasteiger partial charge in [-0.2, -0.15) is 0 Å². The van der Waals surface area contributed by atoms with Crippen molar-refractivity contribution in [1.82, 2.24) is 4.90 Å². The molecule has 0 saturated heterocycles. The van der Waals surface area contributed by atoms with E-state index in [-0.39, 0.29) is 5.78 Å². The van der Waals surface area contributed by atoms with Crippen molar-refractivity contribution in [1.29, 1.82) is 0 Å². The molecule has 0 fully saturated rings. The van der Waals surface area contributed by atoms with E-state index in [2.05, 4.69) is 81.3 Å². The van der Waals surface area contributed by atoms with Crippen LogP contribution in [0.2, 0.25) is 0 Å². The van der Waals surface area contributed by atoms with Gasteiger partial charge in [-0.3, -0.25) is 4.79 Å². The number of thiophene rings is 1. The first-order chi connectivity index (χ1) is 14.4. The molecule has 1 aliphatic carbocycles. The molecule has 0 amide bonds. The fourth-order valence-electron chi connectivity index (χ4n) is 4.84. The lowest BCUT2D eigenvalue weighted by atomic mass is 9.80. The van der Waals surface area contributed by atoms with E-state index in [0.717, 1.165) is 30.1 Å². The molecule has 0 radical (unpaired) electrons. The van der Waals surface area contributed by atoms with Gasteiger partial charge in [0.15, 0.2) is 5.78 Å². The summed E-state index contributed by atoms with van der Waals surface area (Å²) in [6.45, 7) is 14.4. The molecule has 2 aromatic carbocycles. The summed E-state index contributed by atoms with van der Waals surface area (Å²) in [5.41, 5.74) is 10.0. The highest BCUT2D eigenvalue weighted by Crippen LogP contribution is 2.45. The summed E-state index contributed by atoms with van der Waals surface area (Å²) in [6, 6.07) is 13.5. The molecule has 0 saturated carbocycles. The number of carbonyl (C=O) groups is 1. The van der Waals surface area contributed by atoms with E-state index in [0.29, 0.717) is 12.3 Å². The number of fused-ring (bicyclic) bond motifs is 3. The van der Waals surface area contributed by atoms with Crippen molar-refractivity contribution in [2.75, 3.05) is 19.6 Å². The van der Waals surface area contributed by atoms with Crippen LogP contribution >= 0.6 is 11.3 Å². The number of rotatable bonds is 6. The van der Waals surface area contributed by atoms with Crippen LogP contribution in [-0.4, -0.2) is 30.3 Å². The zero-order valence-corrected chi connectivity index (χ0v) is 19.5. The quantitative estimate of drug-likeness (QED) is 0.435. The SMILES string of the molecule is CCN(CC)C[C@@H](C)c1ccc(-c2c(C)cc(C)c3c2-c2ccsc2C(=O)C3)cc1. The van der Waals surface area contributed by atoms with E-state index in [1.807, 2.05) is 0 Å². The number of Topliss-reactive ketones (excluding diaryl/α,β-unsaturated/α-hetero) is 1. The highest BCUT2D eigenvalue weighted by molar-refractivity contribution is 7.12. The molecule has 0 aliphatic heterocycles. The Morgan fingerprint density at radius 1 is 1.00 bits per heavy atom. The molecule has 0 N–H and O–H groups in total. The van der Waals surface area contributed by atoms with Crippen molar-refractivity contribution in [3.05, 3.63) is 68.9 Å². The van der Waals surface area contributed by atoms with E-state index in [9.17, 15) is 4.79 Å². The Morgan fingerprint density at radius 2 is 1.70 bits per heavy atom. The maximum Gasteiger partial charge on any atom is 0.177 e. The first kappa shape index (κ1) is 21.0. The standard InChI is InChI=1S/C27H31NOS/c1-6-28(7-2)16-19(5)20-8-10-21(11-9-20)25-18(4)14-17(3)23-15-24(29)27-22(26(23)25)12-13-30-27/h8-14,19H,6-7,15-16H2,1-5H3/t19-/m1/s1. The minimum absolute atomic E-state index is 0.256. The fraction of sp³-hybridized carbons (Fsp3) is 0.370. The maximum absolute atomic E-state index is 12.7. The van der Waals surface area contributed by atoms with Crippen LogP contribution in [0.4, 0.5) is 0 Å². The number of hydrogen-bond acceptors (Lipinski definition) is 3. The average molecular weight is 418 g/mol. The second-order valence-corrected chi connectivity index (χ2v) is 9.43. The van der Waals surface area contributed by atoms with Gasteiger partial charge in [0, 0.05) is 18.5 Å². The number of hydrogen-bond donors (Lipinski definition) is 0. The lowest BCUT2D eigenvalue weighted by Crippen LogP contribution is -2.27. The Bertz CT molecular complexity index is 1070. The summed E-state index contributed by atoms with van der Waals surface area (Å²) >= 11 is 1.57. The minimum atomic E-state index is 0.256. The maximum atomic E-state index is 12.7. The third-order valence-electron chi connectivity index (χ3n) is 6.58. The highest BCUT2D eigenvalue weighted by Gasteiger charge is 2.28. The summed E-state index contributed by atoms with van der Waals surface area (Å²) in [6.07, 6.45) is 0.515. The molecule has 3 aromatic rings. The lowest BCUT2D eigenvalue weighted by Gasteiger charge is -2.25. The number of benzene rings is 2. The van der Waals surface area contributed by atoms with Crippen LogP contribution in [0.1, 0.15) is 58.6 Å². The lowest BCUT2D eigenvalue weighted by molar-refractivity contribution is 0.0995. The summed E-state index contributed by atoms with van der Waals surface area (Å²) in [5, 5.41) is 2.05. The van der Waals surface area contributed by atoms with Gasteiger partial charge in [-0.1, -0.05) is 51.1 Å². The van der Waals surface area contributed by atoms with Gasteiger partial charge in [0.2, 0.25) is 0 Å². The van der Waals surface area contributed by atoms with Gasteiger partial charge in [-0.15, -0.1) is 11.3 Å². The van der Waals surface area contributed by atoms with E-state index in [1.165, 1.54) is 38.9 Å². The molecule has 2 nitrogen and oxygen atoms in total. The Morgan fingerprint density at radius 3 is 2.37 bits per heavy atom. The van der Waals surface area contributed by atoms with Crippen LogP contribution in [0.25, 0.3) is 22.3 Å². The molecule has 3 heteroatoms. The number of carbonyl (C=O) groups excluding carboxylic acids is 1. The molecule has 1 atom stereocenters. The van der Waals surface area contributed by atoms with Crippen molar-refractivity contribution in [2.45, 2.75) is 47.0 Å². The van der Waals surface area contributed by atoms with Crippen LogP contribution < -0.4 is 0 Å². The predicted molar refractivity (Wildman–Crippen MR) is 129 cm³/mol. The van der Waals surface area contributed by atoms with Crippen LogP contribution in [0.5, 0.6) is 0 Å². The molecule has 156 valence electrons. The molecule has 30 heavy (non-hydrogen) atoms. The zero-order valence-electron chi connectivity index (χ0n) is 18.7. The number of aryl methyl sites for hydroxylation is 2. The largest absolute Gasteiger partial charge is 0.303 e. The van der Waals surface area contributed by atoms with Crippen molar-refractivity contribution >= 4 is 17.1 Å². The van der Waals surface area contributed by atoms with E-state index >= 15 is 0 Å². The Kier molecular flexibility index (Phi) is 5.95. The van der Waals surface area contributed by atoms with Gasteiger partial charge in [0.1, 0.15) is 0 Å². The molecule has 0 bridgehead atoms. The normalized spacial score (nSPS) is 14.0. The van der Waals surface area contributed by atoms with Crippen LogP contribution in [0.15, 0.2) is 41.8 Å². The molecule has 0 unspecified atom stereocenters. The Labute approximate surface area is 184 Å². The predicted octanol–water partition coefficient (Wildman–Crippen LogP) is 6.88. The van der Waals surface area contributed by atoms with Crippen LogP contribution in [0.3, 0.4) is 0 Å². The Hall–Kier alpha value is -2.23. The number of likely N-dealkylation sites (N-methyl/N-ethyl adjacent to an activating group) is 1. The zero-order chi connectivity index (χ0) is 21.4. The average Bonchev–Trinajstić information content (AvgIpc) is 3.24. The van der Waals surface area contributed by atoms with Gasteiger partial charge in [-0.05, 0) is 83.2 Å². The van der Waals surface area contributed by atoms with Gasteiger partial charge in [0.05, 0.1) is 4.88 Å². The second-order valence-electron chi connectivity index (χ2n) is 8.51. The van der Waals surface area contributed by atoms with Crippen molar-refractivity contribution in [2.24, 2.45) is 0 Å². The van der Waals surface area contributed by atoms with Gasteiger partial charge >= 0.3 is 0 Å². The number of nitrogens with zero attached hydrogens (tertiary/aromatic N) is 1. The topological polar surface area (TPSA) is 20.3 Å². The van der Waals surface area contributed by atoms with Crippen molar-refractivity contribution in [3.8, 4) is 22.3 Å². The molecule has 1 aliphatic rings. The molecule has 0 spiro atoms. The smallest absolute Gasteiger partial charge is 0.177 e. The number of ketones is 1. The van der Waals surface area contributed by atoms with Crippen LogP contribution in [0, 0.1) is 13.8 Å². The molecular weight excluding hydrogens is 386 g/mol. The third kappa shape index (κ3) is 3.66. The van der Waals surface area contributed by atoms with E-state index in [1.54, 1.807) is 11.3 Å². The summed E-state index contributed by atoms with van der Waals surface area (Å²) < 4.78 is 0. The van der Waals surface area contributed by atoms with Gasteiger partial charge in [-0.25, -0.2) is 0 Å². The van der Waals surface area contributed by atoms with Gasteiger partial charge < -0.3 is 4.90 Å². The molecular formula is C27H31NOS. The van der Waals surface area contributed by atoms with Crippen molar-refractivity contribution < 1.29 is 4.79 Å². The molecule has 4 rings (SSSR count).